The minimum atomic E-state index is 0. The highest BCUT2D eigenvalue weighted by atomic mass is 35.5. The molecule has 1 saturated carbocycles. The Morgan fingerprint density at radius 1 is 1.12 bits per heavy atom. The number of rotatable bonds is 2. The van der Waals surface area contributed by atoms with Gasteiger partial charge in [-0.05, 0) is 44.1 Å². The second kappa shape index (κ2) is 6.83. The Balaban J connectivity index is 0.00000128. The number of hydrogen-bond donors (Lipinski definition) is 1. The molecule has 0 bridgehead atoms. The number of nitrogens with two attached hydrogens (primary N) is 1. The zero-order chi connectivity index (χ0) is 10.7. The summed E-state index contributed by atoms with van der Waals surface area (Å²) in [7, 11) is 0. The summed E-state index contributed by atoms with van der Waals surface area (Å²) in [6, 6.07) is 0.446. The summed E-state index contributed by atoms with van der Waals surface area (Å²) >= 11 is 0. The van der Waals surface area contributed by atoms with E-state index in [-0.39, 0.29) is 12.4 Å². The van der Waals surface area contributed by atoms with E-state index in [1.807, 2.05) is 0 Å². The van der Waals surface area contributed by atoms with Crippen LogP contribution in [-0.4, -0.2) is 30.6 Å². The zero-order valence-corrected chi connectivity index (χ0v) is 11.3. The molecule has 0 aromatic rings. The predicted octanol–water partition coefficient (Wildman–Crippen LogP) is 2.66. The van der Waals surface area contributed by atoms with Crippen LogP contribution < -0.4 is 5.73 Å². The first kappa shape index (κ1) is 14.3. The van der Waals surface area contributed by atoms with Crippen LogP contribution >= 0.6 is 12.4 Å². The van der Waals surface area contributed by atoms with Crippen LogP contribution in [0.15, 0.2) is 0 Å². The van der Waals surface area contributed by atoms with Crippen molar-refractivity contribution in [2.75, 3.05) is 19.6 Å². The van der Waals surface area contributed by atoms with Crippen molar-refractivity contribution < 1.29 is 0 Å². The van der Waals surface area contributed by atoms with Gasteiger partial charge in [0.25, 0.3) is 0 Å². The molecule has 1 saturated heterocycles. The lowest BCUT2D eigenvalue weighted by atomic mass is 9.82. The maximum atomic E-state index is 6.01. The first-order valence-electron chi connectivity index (χ1n) is 6.72. The van der Waals surface area contributed by atoms with Crippen molar-refractivity contribution in [3.63, 3.8) is 0 Å². The summed E-state index contributed by atoms with van der Waals surface area (Å²) in [6.45, 7) is 6.15. The molecule has 2 fully saturated rings. The molecule has 16 heavy (non-hydrogen) atoms. The summed E-state index contributed by atoms with van der Waals surface area (Å²) in [5.74, 6) is 1.94. The highest BCUT2D eigenvalue weighted by Gasteiger charge is 2.23. The zero-order valence-electron chi connectivity index (χ0n) is 10.5. The summed E-state index contributed by atoms with van der Waals surface area (Å²) < 4.78 is 0. The van der Waals surface area contributed by atoms with Gasteiger partial charge in [0.1, 0.15) is 0 Å². The SMILES string of the molecule is CC1CCC(CN2CCCC(N)C2)CC1.Cl. The van der Waals surface area contributed by atoms with Crippen LogP contribution in [-0.2, 0) is 0 Å². The Hall–Kier alpha value is 0.210. The molecule has 2 rings (SSSR count). The maximum absolute atomic E-state index is 6.01. The summed E-state index contributed by atoms with van der Waals surface area (Å²) in [4.78, 5) is 2.61. The highest BCUT2D eigenvalue weighted by molar-refractivity contribution is 5.85. The fourth-order valence-corrected chi connectivity index (χ4v) is 3.13. The number of likely N-dealkylation sites (tertiary alicyclic amines) is 1. The molecular formula is C13H27ClN2. The molecule has 0 aromatic carbocycles. The van der Waals surface area contributed by atoms with E-state index in [0.717, 1.165) is 18.4 Å². The van der Waals surface area contributed by atoms with Gasteiger partial charge in [-0.25, -0.2) is 0 Å². The number of hydrogen-bond acceptors (Lipinski definition) is 2. The van der Waals surface area contributed by atoms with Gasteiger partial charge in [0, 0.05) is 19.1 Å². The van der Waals surface area contributed by atoms with Crippen LogP contribution in [0.1, 0.15) is 45.4 Å². The van der Waals surface area contributed by atoms with E-state index < -0.39 is 0 Å². The second-order valence-electron chi connectivity index (χ2n) is 5.79. The van der Waals surface area contributed by atoms with Crippen molar-refractivity contribution in [3.05, 3.63) is 0 Å². The van der Waals surface area contributed by atoms with Gasteiger partial charge in [0.05, 0.1) is 0 Å². The van der Waals surface area contributed by atoms with Gasteiger partial charge in [0.2, 0.25) is 0 Å². The molecule has 2 aliphatic rings. The minimum absolute atomic E-state index is 0. The largest absolute Gasteiger partial charge is 0.327 e. The van der Waals surface area contributed by atoms with Gasteiger partial charge in [-0.2, -0.15) is 0 Å². The molecule has 3 heteroatoms. The molecule has 1 aliphatic carbocycles. The lowest BCUT2D eigenvalue weighted by Crippen LogP contribution is -2.44. The summed E-state index contributed by atoms with van der Waals surface area (Å²) in [6.07, 6.45) is 8.34. The van der Waals surface area contributed by atoms with Crippen LogP contribution in [0.2, 0.25) is 0 Å². The van der Waals surface area contributed by atoms with Crippen molar-refractivity contribution in [1.82, 2.24) is 4.90 Å². The molecule has 1 atom stereocenters. The van der Waals surface area contributed by atoms with Crippen molar-refractivity contribution in [2.45, 2.75) is 51.5 Å². The van der Waals surface area contributed by atoms with Gasteiger partial charge in [-0.15, -0.1) is 12.4 Å². The van der Waals surface area contributed by atoms with Gasteiger partial charge in [-0.1, -0.05) is 19.8 Å². The Morgan fingerprint density at radius 3 is 2.44 bits per heavy atom. The number of halogens is 1. The van der Waals surface area contributed by atoms with Crippen LogP contribution in [0.25, 0.3) is 0 Å². The second-order valence-corrected chi connectivity index (χ2v) is 5.79. The van der Waals surface area contributed by atoms with Gasteiger partial charge in [0.15, 0.2) is 0 Å². The quantitative estimate of drug-likeness (QED) is 0.812. The van der Waals surface area contributed by atoms with E-state index in [0.29, 0.717) is 6.04 Å². The molecule has 0 spiro atoms. The Bertz CT molecular complexity index is 190. The third-order valence-corrected chi connectivity index (χ3v) is 4.19. The van der Waals surface area contributed by atoms with E-state index in [1.54, 1.807) is 0 Å². The lowest BCUT2D eigenvalue weighted by Gasteiger charge is -2.35. The molecule has 0 radical (unpaired) electrons. The molecule has 1 heterocycles. The fraction of sp³-hybridized carbons (Fsp3) is 1.00. The van der Waals surface area contributed by atoms with E-state index in [4.69, 9.17) is 5.73 Å². The van der Waals surface area contributed by atoms with E-state index in [9.17, 15) is 0 Å². The van der Waals surface area contributed by atoms with Crippen LogP contribution in [0.5, 0.6) is 0 Å². The van der Waals surface area contributed by atoms with Gasteiger partial charge >= 0.3 is 0 Å². The fourth-order valence-electron chi connectivity index (χ4n) is 3.13. The number of nitrogens with zero attached hydrogens (tertiary/aromatic N) is 1. The van der Waals surface area contributed by atoms with Gasteiger partial charge < -0.3 is 10.6 Å². The topological polar surface area (TPSA) is 29.3 Å². The third-order valence-electron chi connectivity index (χ3n) is 4.19. The highest BCUT2D eigenvalue weighted by Crippen LogP contribution is 2.29. The van der Waals surface area contributed by atoms with Crippen LogP contribution in [0.4, 0.5) is 0 Å². The Labute approximate surface area is 106 Å². The average Bonchev–Trinajstić information content (AvgIpc) is 2.22. The molecular weight excluding hydrogens is 220 g/mol. The standard InChI is InChI=1S/C13H26N2.ClH/c1-11-4-6-12(7-5-11)9-15-8-2-3-13(14)10-15;/h11-13H,2-10,14H2,1H3;1H. The predicted molar refractivity (Wildman–Crippen MR) is 72.0 cm³/mol. The van der Waals surface area contributed by atoms with E-state index in [1.165, 1.54) is 51.6 Å². The molecule has 2 N–H and O–H groups in total. The lowest BCUT2D eigenvalue weighted by molar-refractivity contribution is 0.152. The smallest absolute Gasteiger partial charge is 0.0168 e. The summed E-state index contributed by atoms with van der Waals surface area (Å²) in [5.41, 5.74) is 6.01. The third kappa shape index (κ3) is 4.23. The van der Waals surface area contributed by atoms with E-state index in [2.05, 4.69) is 11.8 Å². The Morgan fingerprint density at radius 2 is 1.81 bits per heavy atom. The average molecular weight is 247 g/mol. The monoisotopic (exact) mass is 246 g/mol. The molecule has 96 valence electrons. The molecule has 0 amide bonds. The van der Waals surface area contributed by atoms with Crippen molar-refractivity contribution in [1.29, 1.82) is 0 Å². The normalized spacial score (nSPS) is 36.8. The molecule has 1 aliphatic heterocycles. The molecule has 0 aromatic heterocycles. The van der Waals surface area contributed by atoms with Crippen molar-refractivity contribution >= 4 is 12.4 Å². The Kier molecular flexibility index (Phi) is 6.09. The van der Waals surface area contributed by atoms with E-state index >= 15 is 0 Å². The van der Waals surface area contributed by atoms with Crippen LogP contribution in [0.3, 0.4) is 0 Å². The minimum Gasteiger partial charge on any atom is -0.327 e. The van der Waals surface area contributed by atoms with Crippen molar-refractivity contribution in [2.24, 2.45) is 17.6 Å². The number of piperidine rings is 1. The van der Waals surface area contributed by atoms with Crippen LogP contribution in [0, 0.1) is 11.8 Å². The maximum Gasteiger partial charge on any atom is 0.0168 e. The van der Waals surface area contributed by atoms with Gasteiger partial charge in [-0.3, -0.25) is 0 Å². The molecule has 1 unspecified atom stereocenters. The summed E-state index contributed by atoms with van der Waals surface area (Å²) in [5, 5.41) is 0. The van der Waals surface area contributed by atoms with Crippen molar-refractivity contribution in [3.8, 4) is 0 Å². The first-order valence-corrected chi connectivity index (χ1v) is 6.72. The first-order chi connectivity index (χ1) is 7.24. The molecule has 2 nitrogen and oxygen atoms in total.